The highest BCUT2D eigenvalue weighted by Crippen LogP contribution is 2.33. The Kier molecular flexibility index (Phi) is 5.36. The summed E-state index contributed by atoms with van der Waals surface area (Å²) in [6.07, 6.45) is 0. The maximum Gasteiger partial charge on any atom is 0.145 e. The van der Waals surface area contributed by atoms with Gasteiger partial charge in [-0.05, 0) is 74.4 Å². The van der Waals surface area contributed by atoms with Crippen LogP contribution in [0.5, 0.6) is 0 Å². The number of rotatable bonds is 3. The van der Waals surface area contributed by atoms with Crippen LogP contribution in [-0.2, 0) is 0 Å². The lowest BCUT2D eigenvalue weighted by molar-refractivity contribution is 0.506. The predicted octanol–water partition coefficient (Wildman–Crippen LogP) is 4.54. The van der Waals surface area contributed by atoms with Crippen molar-refractivity contribution in [2.45, 2.75) is 6.04 Å². The lowest BCUT2D eigenvalue weighted by Gasteiger charge is -2.20. The van der Waals surface area contributed by atoms with Crippen LogP contribution in [0.1, 0.15) is 17.2 Å². The lowest BCUT2D eigenvalue weighted by Crippen LogP contribution is -2.31. The normalized spacial score (nSPS) is 12.5. The maximum atomic E-state index is 14.2. The Morgan fingerprint density at radius 2 is 1.95 bits per heavy atom. The molecule has 0 amide bonds. The van der Waals surface area contributed by atoms with Crippen molar-refractivity contribution < 1.29 is 8.78 Å². The number of nitrogens with two attached hydrogens (primary N) is 1. The fraction of sp³-hybridized carbons (Fsp3) is 0.0769. The van der Waals surface area contributed by atoms with Gasteiger partial charge in [0.2, 0.25) is 0 Å². The van der Waals surface area contributed by atoms with Crippen molar-refractivity contribution in [2.75, 3.05) is 0 Å². The van der Waals surface area contributed by atoms with Gasteiger partial charge in [0, 0.05) is 14.2 Å². The van der Waals surface area contributed by atoms with Crippen molar-refractivity contribution in [3.8, 4) is 0 Å². The van der Waals surface area contributed by atoms with E-state index in [0.717, 1.165) is 3.57 Å². The molecule has 0 fully saturated rings. The van der Waals surface area contributed by atoms with Gasteiger partial charge in [-0.15, -0.1) is 0 Å². The molecule has 3 N–H and O–H groups in total. The van der Waals surface area contributed by atoms with Crippen LogP contribution < -0.4 is 11.3 Å². The monoisotopic (exact) mass is 472 g/mol. The Bertz CT molecular complexity index is 655. The molecule has 2 aromatic carbocycles. The molecule has 0 aliphatic heterocycles. The van der Waals surface area contributed by atoms with Crippen molar-refractivity contribution in [2.24, 2.45) is 5.84 Å². The van der Waals surface area contributed by atoms with E-state index in [9.17, 15) is 8.78 Å². The molecule has 1 unspecified atom stereocenters. The molecule has 20 heavy (non-hydrogen) atoms. The van der Waals surface area contributed by atoms with Crippen LogP contribution in [0.2, 0.25) is 5.02 Å². The summed E-state index contributed by atoms with van der Waals surface area (Å²) in [5.74, 6) is 4.13. The number of hydrazine groups is 1. The fourth-order valence-electron chi connectivity index (χ4n) is 1.87. The number of hydrogen-bond acceptors (Lipinski definition) is 2. The van der Waals surface area contributed by atoms with E-state index in [4.69, 9.17) is 17.4 Å². The molecule has 0 aromatic heterocycles. The summed E-state index contributed by atoms with van der Waals surface area (Å²) < 4.78 is 29.2. The number of halogens is 5. The second-order valence-electron chi connectivity index (χ2n) is 4.02. The standard InChI is InChI=1S/C13H9BrClF2IN2/c14-8-2-3-9(16)11(12(8)17)13(20-19)7-5-6(15)1-4-10(7)18/h1-5,13,20H,19H2. The van der Waals surface area contributed by atoms with Gasteiger partial charge in [-0.25, -0.2) is 14.2 Å². The second kappa shape index (κ2) is 6.65. The van der Waals surface area contributed by atoms with Crippen molar-refractivity contribution in [1.82, 2.24) is 5.43 Å². The zero-order valence-corrected chi connectivity index (χ0v) is 14.4. The third-order valence-electron chi connectivity index (χ3n) is 2.80. The van der Waals surface area contributed by atoms with Crippen molar-refractivity contribution >= 4 is 50.1 Å². The zero-order chi connectivity index (χ0) is 14.9. The lowest BCUT2D eigenvalue weighted by atomic mass is 9.98. The highest BCUT2D eigenvalue weighted by atomic mass is 127. The number of benzene rings is 2. The minimum absolute atomic E-state index is 0.151. The summed E-state index contributed by atoms with van der Waals surface area (Å²) in [6.45, 7) is 0. The minimum Gasteiger partial charge on any atom is -0.271 e. The zero-order valence-electron chi connectivity index (χ0n) is 9.93. The van der Waals surface area contributed by atoms with Gasteiger partial charge in [-0.2, -0.15) is 0 Å². The molecule has 0 aliphatic carbocycles. The van der Waals surface area contributed by atoms with E-state index in [2.05, 4.69) is 43.9 Å². The third kappa shape index (κ3) is 3.14. The second-order valence-corrected chi connectivity index (χ2v) is 6.48. The molecular formula is C13H9BrClF2IN2. The van der Waals surface area contributed by atoms with Crippen LogP contribution in [0.25, 0.3) is 0 Å². The van der Waals surface area contributed by atoms with Gasteiger partial charge < -0.3 is 0 Å². The first-order valence-electron chi connectivity index (χ1n) is 5.50. The highest BCUT2D eigenvalue weighted by molar-refractivity contribution is 14.1. The largest absolute Gasteiger partial charge is 0.271 e. The van der Waals surface area contributed by atoms with E-state index in [-0.39, 0.29) is 10.0 Å². The van der Waals surface area contributed by atoms with Gasteiger partial charge in [0.05, 0.1) is 10.5 Å². The van der Waals surface area contributed by atoms with E-state index in [1.54, 1.807) is 18.2 Å². The Morgan fingerprint density at radius 1 is 1.25 bits per heavy atom. The van der Waals surface area contributed by atoms with Gasteiger partial charge >= 0.3 is 0 Å². The van der Waals surface area contributed by atoms with E-state index in [0.29, 0.717) is 10.6 Å². The molecule has 0 saturated carbocycles. The summed E-state index contributed by atoms with van der Waals surface area (Å²) in [6, 6.07) is 6.76. The molecule has 2 nitrogen and oxygen atoms in total. The van der Waals surface area contributed by atoms with Gasteiger partial charge in [-0.3, -0.25) is 5.84 Å². The number of hydrogen-bond donors (Lipinski definition) is 2. The van der Waals surface area contributed by atoms with Gasteiger partial charge in [0.15, 0.2) is 0 Å². The summed E-state index contributed by atoms with van der Waals surface area (Å²) in [4.78, 5) is 0. The SMILES string of the molecule is NNC(c1cc(Cl)ccc1I)c1c(F)ccc(Br)c1F. The Morgan fingerprint density at radius 3 is 2.60 bits per heavy atom. The van der Waals surface area contributed by atoms with E-state index >= 15 is 0 Å². The third-order valence-corrected chi connectivity index (χ3v) is 4.63. The summed E-state index contributed by atoms with van der Waals surface area (Å²) >= 11 is 11.1. The van der Waals surface area contributed by atoms with Gasteiger partial charge in [0.1, 0.15) is 11.6 Å². The average Bonchev–Trinajstić information content (AvgIpc) is 2.42. The summed E-state index contributed by atoms with van der Waals surface area (Å²) in [7, 11) is 0. The molecule has 106 valence electrons. The van der Waals surface area contributed by atoms with Crippen LogP contribution in [0.15, 0.2) is 34.8 Å². The molecule has 1 atom stereocenters. The minimum atomic E-state index is -0.835. The summed E-state index contributed by atoms with van der Waals surface area (Å²) in [5, 5.41) is 0.469. The first kappa shape index (κ1) is 16.1. The molecule has 0 aliphatic rings. The van der Waals surface area contributed by atoms with Gasteiger partial charge in [-0.1, -0.05) is 11.6 Å². The van der Waals surface area contributed by atoms with Crippen LogP contribution in [-0.4, -0.2) is 0 Å². The average molecular weight is 473 g/mol. The molecule has 7 heteroatoms. The Balaban J connectivity index is 2.64. The number of nitrogens with one attached hydrogen (secondary N) is 1. The van der Waals surface area contributed by atoms with Crippen molar-refractivity contribution in [3.05, 3.63) is 66.2 Å². The Labute approximate surface area is 141 Å². The molecule has 2 aromatic rings. The maximum absolute atomic E-state index is 14.2. The smallest absolute Gasteiger partial charge is 0.145 e. The summed E-state index contributed by atoms with van der Waals surface area (Å²) in [5.41, 5.74) is 2.90. The molecule has 2 rings (SSSR count). The van der Waals surface area contributed by atoms with Crippen LogP contribution in [0, 0.1) is 15.2 Å². The van der Waals surface area contributed by atoms with Gasteiger partial charge in [0.25, 0.3) is 0 Å². The first-order chi connectivity index (χ1) is 9.45. The van der Waals surface area contributed by atoms with Crippen molar-refractivity contribution in [3.63, 3.8) is 0 Å². The van der Waals surface area contributed by atoms with E-state index < -0.39 is 17.7 Å². The molecule has 0 saturated heterocycles. The quantitative estimate of drug-likeness (QED) is 0.297. The van der Waals surface area contributed by atoms with E-state index in [1.807, 2.05) is 0 Å². The Hall–Kier alpha value is -0.280. The molecule has 0 spiro atoms. The van der Waals surface area contributed by atoms with Crippen LogP contribution in [0.3, 0.4) is 0 Å². The van der Waals surface area contributed by atoms with Crippen LogP contribution in [0.4, 0.5) is 8.78 Å². The topological polar surface area (TPSA) is 38.0 Å². The first-order valence-corrected chi connectivity index (χ1v) is 7.75. The predicted molar refractivity (Wildman–Crippen MR) is 87.4 cm³/mol. The van der Waals surface area contributed by atoms with Crippen LogP contribution >= 0.6 is 50.1 Å². The molecular weight excluding hydrogens is 464 g/mol. The fourth-order valence-corrected chi connectivity index (χ4v) is 3.05. The highest BCUT2D eigenvalue weighted by Gasteiger charge is 2.24. The molecule has 0 radical (unpaired) electrons. The van der Waals surface area contributed by atoms with E-state index in [1.165, 1.54) is 12.1 Å². The van der Waals surface area contributed by atoms with Crippen molar-refractivity contribution in [1.29, 1.82) is 0 Å². The molecule has 0 bridgehead atoms. The molecule has 0 heterocycles.